The molecule has 1 heterocycles. The van der Waals surface area contributed by atoms with Crippen LogP contribution in [0.15, 0.2) is 21.3 Å². The van der Waals surface area contributed by atoms with Crippen LogP contribution in [-0.4, -0.2) is 9.97 Å². The molecule has 2 nitrogen and oxygen atoms in total. The molecule has 0 spiro atoms. The second-order valence-electron chi connectivity index (χ2n) is 2.72. The van der Waals surface area contributed by atoms with Gasteiger partial charge < -0.3 is 4.98 Å². The molecule has 0 aliphatic rings. The standard InChI is InChI=1S/C8H4Br2F2N2/c9-4-2-6-5(13-8(10)14-6)1-3(4)7(11)12/h1-2,7H,(H,13,14). The lowest BCUT2D eigenvalue weighted by atomic mass is 10.2. The van der Waals surface area contributed by atoms with Crippen molar-refractivity contribution in [3.63, 3.8) is 0 Å². The van der Waals surface area contributed by atoms with E-state index in [-0.39, 0.29) is 5.56 Å². The molecule has 1 N–H and O–H groups in total. The number of imidazole rings is 1. The van der Waals surface area contributed by atoms with E-state index in [1.54, 1.807) is 6.07 Å². The number of aromatic amines is 1. The minimum atomic E-state index is -2.49. The highest BCUT2D eigenvalue weighted by molar-refractivity contribution is 9.10. The maximum absolute atomic E-state index is 12.5. The Morgan fingerprint density at radius 3 is 2.64 bits per heavy atom. The van der Waals surface area contributed by atoms with Gasteiger partial charge in [0.05, 0.1) is 11.0 Å². The molecule has 0 saturated carbocycles. The van der Waals surface area contributed by atoms with Gasteiger partial charge in [-0.05, 0) is 28.1 Å². The fourth-order valence-corrected chi connectivity index (χ4v) is 2.09. The summed E-state index contributed by atoms with van der Waals surface area (Å²) in [6, 6.07) is 2.96. The van der Waals surface area contributed by atoms with Crippen LogP contribution in [0.1, 0.15) is 12.0 Å². The van der Waals surface area contributed by atoms with E-state index in [0.29, 0.717) is 20.2 Å². The molecule has 74 valence electrons. The molecule has 0 amide bonds. The van der Waals surface area contributed by atoms with Crippen LogP contribution in [0.4, 0.5) is 8.78 Å². The van der Waals surface area contributed by atoms with Crippen molar-refractivity contribution < 1.29 is 8.78 Å². The molecule has 1 aromatic carbocycles. The van der Waals surface area contributed by atoms with E-state index in [1.807, 2.05) is 0 Å². The Bertz CT molecular complexity index is 481. The third kappa shape index (κ3) is 1.68. The zero-order valence-corrected chi connectivity index (χ0v) is 9.86. The van der Waals surface area contributed by atoms with Gasteiger partial charge in [-0.15, -0.1) is 0 Å². The van der Waals surface area contributed by atoms with E-state index in [4.69, 9.17) is 0 Å². The highest BCUT2D eigenvalue weighted by Gasteiger charge is 2.13. The Balaban J connectivity index is 2.70. The molecule has 14 heavy (non-hydrogen) atoms. The van der Waals surface area contributed by atoms with Crippen molar-refractivity contribution in [2.75, 3.05) is 0 Å². The number of hydrogen-bond donors (Lipinski definition) is 1. The third-order valence-electron chi connectivity index (χ3n) is 1.81. The normalized spacial score (nSPS) is 11.5. The molecule has 0 bridgehead atoms. The van der Waals surface area contributed by atoms with Crippen molar-refractivity contribution in [1.29, 1.82) is 0 Å². The average molecular weight is 326 g/mol. The Morgan fingerprint density at radius 1 is 1.29 bits per heavy atom. The van der Waals surface area contributed by atoms with Gasteiger partial charge in [0.15, 0.2) is 4.73 Å². The zero-order chi connectivity index (χ0) is 10.3. The van der Waals surface area contributed by atoms with E-state index < -0.39 is 6.43 Å². The molecular weight excluding hydrogens is 322 g/mol. The molecule has 6 heteroatoms. The van der Waals surface area contributed by atoms with Gasteiger partial charge in [0.2, 0.25) is 0 Å². The summed E-state index contributed by atoms with van der Waals surface area (Å²) in [5.41, 5.74) is 1.21. The lowest BCUT2D eigenvalue weighted by Crippen LogP contribution is -1.86. The van der Waals surface area contributed by atoms with Crippen molar-refractivity contribution in [3.05, 3.63) is 26.9 Å². The Hall–Kier alpha value is -0.490. The maximum atomic E-state index is 12.5. The van der Waals surface area contributed by atoms with E-state index in [0.717, 1.165) is 0 Å². The summed E-state index contributed by atoms with van der Waals surface area (Å²) in [5, 5.41) is 0. The summed E-state index contributed by atoms with van der Waals surface area (Å²) in [7, 11) is 0. The van der Waals surface area contributed by atoms with Crippen molar-refractivity contribution >= 4 is 42.9 Å². The number of nitrogens with one attached hydrogen (secondary N) is 1. The minimum absolute atomic E-state index is 0.0337. The number of fused-ring (bicyclic) bond motifs is 1. The number of aromatic nitrogens is 2. The molecule has 0 fully saturated rings. The molecule has 0 radical (unpaired) electrons. The number of halogens is 4. The smallest absolute Gasteiger partial charge is 0.265 e. The van der Waals surface area contributed by atoms with Gasteiger partial charge in [0.25, 0.3) is 6.43 Å². The van der Waals surface area contributed by atoms with Gasteiger partial charge in [-0.25, -0.2) is 13.8 Å². The highest BCUT2D eigenvalue weighted by Crippen LogP contribution is 2.31. The van der Waals surface area contributed by atoms with Gasteiger partial charge in [0.1, 0.15) is 0 Å². The first-order chi connectivity index (χ1) is 6.58. The number of hydrogen-bond acceptors (Lipinski definition) is 1. The average Bonchev–Trinajstić information content (AvgIpc) is 2.42. The molecule has 1 aromatic heterocycles. The van der Waals surface area contributed by atoms with Crippen LogP contribution in [0.2, 0.25) is 0 Å². The quantitative estimate of drug-likeness (QED) is 0.842. The molecule has 0 unspecified atom stereocenters. The van der Waals surface area contributed by atoms with Gasteiger partial charge in [-0.2, -0.15) is 0 Å². The second kappa shape index (κ2) is 3.58. The van der Waals surface area contributed by atoms with Crippen molar-refractivity contribution in [2.45, 2.75) is 6.43 Å². The summed E-state index contributed by atoms with van der Waals surface area (Å²) >= 11 is 6.22. The van der Waals surface area contributed by atoms with Crippen LogP contribution in [0.5, 0.6) is 0 Å². The molecule has 2 rings (SSSR count). The SMILES string of the molecule is FC(F)c1cc2[nH]c(Br)nc2cc1Br. The van der Waals surface area contributed by atoms with Crippen LogP contribution in [0, 0.1) is 0 Å². The minimum Gasteiger partial charge on any atom is -0.332 e. The molecule has 0 aliphatic carbocycles. The first kappa shape index (κ1) is 10.0. The zero-order valence-electron chi connectivity index (χ0n) is 6.69. The summed E-state index contributed by atoms with van der Waals surface area (Å²) in [5.74, 6) is 0. The summed E-state index contributed by atoms with van der Waals surface area (Å²) in [6.07, 6.45) is -2.49. The lowest BCUT2D eigenvalue weighted by molar-refractivity contribution is 0.150. The van der Waals surface area contributed by atoms with Crippen LogP contribution in [0.3, 0.4) is 0 Å². The first-order valence-corrected chi connectivity index (χ1v) is 5.29. The van der Waals surface area contributed by atoms with E-state index in [9.17, 15) is 8.78 Å². The van der Waals surface area contributed by atoms with Crippen LogP contribution < -0.4 is 0 Å². The summed E-state index contributed by atoms with van der Waals surface area (Å²) < 4.78 is 25.9. The van der Waals surface area contributed by atoms with E-state index >= 15 is 0 Å². The van der Waals surface area contributed by atoms with Crippen molar-refractivity contribution in [3.8, 4) is 0 Å². The number of rotatable bonds is 1. The largest absolute Gasteiger partial charge is 0.332 e. The van der Waals surface area contributed by atoms with Gasteiger partial charge >= 0.3 is 0 Å². The van der Waals surface area contributed by atoms with Crippen molar-refractivity contribution in [1.82, 2.24) is 9.97 Å². The Labute approximate surface area is 95.0 Å². The molecule has 0 saturated heterocycles. The molecule has 2 aromatic rings. The Kier molecular flexibility index (Phi) is 2.57. The third-order valence-corrected chi connectivity index (χ3v) is 2.87. The second-order valence-corrected chi connectivity index (χ2v) is 4.32. The van der Waals surface area contributed by atoms with Crippen LogP contribution >= 0.6 is 31.9 Å². The van der Waals surface area contributed by atoms with E-state index in [2.05, 4.69) is 41.8 Å². The Morgan fingerprint density at radius 2 is 2.00 bits per heavy atom. The fourth-order valence-electron chi connectivity index (χ4n) is 1.18. The first-order valence-electron chi connectivity index (χ1n) is 3.70. The number of nitrogens with zero attached hydrogens (tertiary/aromatic N) is 1. The number of H-pyrrole nitrogens is 1. The van der Waals surface area contributed by atoms with Crippen LogP contribution in [0.25, 0.3) is 11.0 Å². The fraction of sp³-hybridized carbons (Fsp3) is 0.125. The maximum Gasteiger partial charge on any atom is 0.265 e. The highest BCUT2D eigenvalue weighted by atomic mass is 79.9. The predicted molar refractivity (Wildman–Crippen MR) is 56.5 cm³/mol. The molecule has 0 aliphatic heterocycles. The monoisotopic (exact) mass is 324 g/mol. The number of benzene rings is 1. The van der Waals surface area contributed by atoms with E-state index in [1.165, 1.54) is 6.07 Å². The molecule has 0 atom stereocenters. The topological polar surface area (TPSA) is 28.7 Å². The summed E-state index contributed by atoms with van der Waals surface area (Å²) in [4.78, 5) is 6.89. The number of alkyl halides is 2. The van der Waals surface area contributed by atoms with Gasteiger partial charge in [0, 0.05) is 10.0 Å². The predicted octanol–water partition coefficient (Wildman–Crippen LogP) is 4.03. The summed E-state index contributed by atoms with van der Waals surface area (Å²) in [6.45, 7) is 0. The lowest BCUT2D eigenvalue weighted by Gasteiger charge is -2.01. The van der Waals surface area contributed by atoms with Gasteiger partial charge in [-0.1, -0.05) is 15.9 Å². The van der Waals surface area contributed by atoms with Crippen molar-refractivity contribution in [2.24, 2.45) is 0 Å². The molecular formula is C8H4Br2F2N2. The van der Waals surface area contributed by atoms with Gasteiger partial charge in [-0.3, -0.25) is 0 Å². The van der Waals surface area contributed by atoms with Crippen LogP contribution in [-0.2, 0) is 0 Å².